The van der Waals surface area contributed by atoms with Crippen LogP contribution in [-0.4, -0.2) is 21.5 Å². The maximum absolute atomic E-state index is 12.7. The van der Waals surface area contributed by atoms with Gasteiger partial charge in [-0.15, -0.1) is 0 Å². The van der Waals surface area contributed by atoms with E-state index < -0.39 is 5.92 Å². The summed E-state index contributed by atoms with van der Waals surface area (Å²) in [5.74, 6) is -1.22. The number of hydrogen-bond donors (Lipinski definition) is 0. The second-order valence-corrected chi connectivity index (χ2v) is 5.63. The molecule has 1 atom stereocenters. The van der Waals surface area contributed by atoms with Crippen molar-refractivity contribution in [3.05, 3.63) is 53.3 Å². The minimum atomic E-state index is -0.717. The standard InChI is InChI=1S/C17H20N2O2/c1-11(2)15(16(20)14-8-6-5-7-9-14)17(21)19-13(4)10-12(3)18-19/h5-11,15H,1-4H3/t15-/m0/s1. The molecule has 2 aromatic rings. The summed E-state index contributed by atoms with van der Waals surface area (Å²) in [5.41, 5.74) is 2.09. The molecule has 0 bridgehead atoms. The SMILES string of the molecule is Cc1cc(C)n(C(=O)[C@H](C(=O)c2ccccc2)C(C)C)n1. The van der Waals surface area contributed by atoms with Crippen LogP contribution in [0.4, 0.5) is 0 Å². The molecule has 0 unspecified atom stereocenters. The lowest BCUT2D eigenvalue weighted by atomic mass is 9.87. The molecule has 0 spiro atoms. The number of Topliss-reactive ketones (excluding diaryl/α,β-unsaturated/α-hetero) is 1. The van der Waals surface area contributed by atoms with Gasteiger partial charge in [-0.25, -0.2) is 4.68 Å². The van der Waals surface area contributed by atoms with Crippen molar-refractivity contribution in [3.8, 4) is 0 Å². The number of carbonyl (C=O) groups excluding carboxylic acids is 2. The average molecular weight is 284 g/mol. The molecule has 0 saturated carbocycles. The zero-order chi connectivity index (χ0) is 15.6. The fourth-order valence-electron chi connectivity index (χ4n) is 2.47. The lowest BCUT2D eigenvalue weighted by Gasteiger charge is -2.19. The van der Waals surface area contributed by atoms with E-state index in [4.69, 9.17) is 0 Å². The number of ketones is 1. The van der Waals surface area contributed by atoms with Crippen LogP contribution in [0.25, 0.3) is 0 Å². The zero-order valence-electron chi connectivity index (χ0n) is 12.8. The van der Waals surface area contributed by atoms with Gasteiger partial charge in [0.15, 0.2) is 5.78 Å². The Morgan fingerprint density at radius 3 is 2.19 bits per heavy atom. The molecule has 4 heteroatoms. The van der Waals surface area contributed by atoms with Crippen LogP contribution in [0.3, 0.4) is 0 Å². The van der Waals surface area contributed by atoms with Crippen molar-refractivity contribution >= 4 is 11.7 Å². The molecular formula is C17H20N2O2. The molecule has 4 nitrogen and oxygen atoms in total. The number of rotatable bonds is 4. The van der Waals surface area contributed by atoms with Crippen molar-refractivity contribution in [2.75, 3.05) is 0 Å². The summed E-state index contributed by atoms with van der Waals surface area (Å²) in [6.07, 6.45) is 0. The zero-order valence-corrected chi connectivity index (χ0v) is 12.8. The van der Waals surface area contributed by atoms with Gasteiger partial charge < -0.3 is 0 Å². The minimum absolute atomic E-state index is 0.0888. The van der Waals surface area contributed by atoms with Crippen LogP contribution >= 0.6 is 0 Å². The van der Waals surface area contributed by atoms with Gasteiger partial charge in [-0.2, -0.15) is 5.10 Å². The number of aryl methyl sites for hydroxylation is 2. The van der Waals surface area contributed by atoms with E-state index in [9.17, 15) is 9.59 Å². The number of hydrogen-bond acceptors (Lipinski definition) is 3. The van der Waals surface area contributed by atoms with Gasteiger partial charge >= 0.3 is 0 Å². The van der Waals surface area contributed by atoms with Gasteiger partial charge in [0.2, 0.25) is 0 Å². The van der Waals surface area contributed by atoms with Gasteiger partial charge in [0.1, 0.15) is 5.92 Å². The Bertz CT molecular complexity index is 657. The summed E-state index contributed by atoms with van der Waals surface area (Å²) in [7, 11) is 0. The minimum Gasteiger partial charge on any atom is -0.293 e. The van der Waals surface area contributed by atoms with Crippen molar-refractivity contribution in [2.45, 2.75) is 27.7 Å². The number of carbonyl (C=O) groups is 2. The molecule has 21 heavy (non-hydrogen) atoms. The first kappa shape index (κ1) is 15.2. The second kappa shape index (κ2) is 6.04. The summed E-state index contributed by atoms with van der Waals surface area (Å²) >= 11 is 0. The highest BCUT2D eigenvalue weighted by Crippen LogP contribution is 2.20. The molecule has 0 amide bonds. The molecule has 0 radical (unpaired) electrons. The molecule has 1 aromatic heterocycles. The average Bonchev–Trinajstić information content (AvgIpc) is 2.78. The van der Waals surface area contributed by atoms with E-state index in [1.54, 1.807) is 24.3 Å². The Morgan fingerprint density at radius 2 is 1.71 bits per heavy atom. The first-order chi connectivity index (χ1) is 9.91. The maximum Gasteiger partial charge on any atom is 0.258 e. The monoisotopic (exact) mass is 284 g/mol. The highest BCUT2D eigenvalue weighted by Gasteiger charge is 2.32. The Hall–Kier alpha value is -2.23. The summed E-state index contributed by atoms with van der Waals surface area (Å²) in [6.45, 7) is 7.42. The fraction of sp³-hybridized carbons (Fsp3) is 0.353. The summed E-state index contributed by atoms with van der Waals surface area (Å²) in [5, 5.41) is 4.20. The third-order valence-corrected chi connectivity index (χ3v) is 3.49. The van der Waals surface area contributed by atoms with Crippen LogP contribution in [0.5, 0.6) is 0 Å². The van der Waals surface area contributed by atoms with Gasteiger partial charge in [0.25, 0.3) is 5.91 Å². The quantitative estimate of drug-likeness (QED) is 0.639. The van der Waals surface area contributed by atoms with E-state index in [0.29, 0.717) is 5.56 Å². The van der Waals surface area contributed by atoms with E-state index in [0.717, 1.165) is 11.4 Å². The molecule has 1 aromatic carbocycles. The van der Waals surface area contributed by atoms with Crippen molar-refractivity contribution in [3.63, 3.8) is 0 Å². The molecule has 2 rings (SSSR count). The van der Waals surface area contributed by atoms with Crippen LogP contribution in [0, 0.1) is 25.7 Å². The summed E-state index contributed by atoms with van der Waals surface area (Å²) in [6, 6.07) is 10.8. The van der Waals surface area contributed by atoms with E-state index in [1.807, 2.05) is 39.8 Å². The van der Waals surface area contributed by atoms with Crippen LogP contribution in [-0.2, 0) is 0 Å². The Kier molecular flexibility index (Phi) is 4.36. The van der Waals surface area contributed by atoms with Gasteiger partial charge in [0.05, 0.1) is 5.69 Å². The summed E-state index contributed by atoms with van der Waals surface area (Å²) in [4.78, 5) is 25.4. The Labute approximate surface area is 124 Å². The van der Waals surface area contributed by atoms with Gasteiger partial charge in [-0.05, 0) is 25.8 Å². The molecular weight excluding hydrogens is 264 g/mol. The van der Waals surface area contributed by atoms with E-state index >= 15 is 0 Å². The van der Waals surface area contributed by atoms with Crippen molar-refractivity contribution < 1.29 is 9.59 Å². The van der Waals surface area contributed by atoms with E-state index in [2.05, 4.69) is 5.10 Å². The maximum atomic E-state index is 12.7. The lowest BCUT2D eigenvalue weighted by molar-refractivity contribution is 0.0696. The second-order valence-electron chi connectivity index (χ2n) is 5.63. The lowest BCUT2D eigenvalue weighted by Crippen LogP contribution is -2.34. The largest absolute Gasteiger partial charge is 0.293 e. The normalized spacial score (nSPS) is 12.4. The number of aromatic nitrogens is 2. The third-order valence-electron chi connectivity index (χ3n) is 3.49. The van der Waals surface area contributed by atoms with Gasteiger partial charge in [-0.1, -0.05) is 44.2 Å². The molecule has 0 fully saturated rings. The molecule has 1 heterocycles. The fourth-order valence-corrected chi connectivity index (χ4v) is 2.47. The van der Waals surface area contributed by atoms with Crippen LogP contribution < -0.4 is 0 Å². The Balaban J connectivity index is 2.38. The van der Waals surface area contributed by atoms with Gasteiger partial charge in [-0.3, -0.25) is 9.59 Å². The van der Waals surface area contributed by atoms with Gasteiger partial charge in [0, 0.05) is 11.3 Å². The van der Waals surface area contributed by atoms with Crippen molar-refractivity contribution in [1.82, 2.24) is 9.78 Å². The predicted octanol–water partition coefficient (Wildman–Crippen LogP) is 3.30. The molecule has 110 valence electrons. The van der Waals surface area contributed by atoms with Crippen LogP contribution in [0.2, 0.25) is 0 Å². The first-order valence-corrected chi connectivity index (χ1v) is 7.08. The molecule has 0 N–H and O–H groups in total. The topological polar surface area (TPSA) is 52.0 Å². The van der Waals surface area contributed by atoms with Crippen LogP contribution in [0.1, 0.15) is 40.4 Å². The molecule has 0 aliphatic heterocycles. The highest BCUT2D eigenvalue weighted by atomic mass is 16.2. The number of nitrogens with zero attached hydrogens (tertiary/aromatic N) is 2. The molecule has 0 aliphatic rings. The van der Waals surface area contributed by atoms with Crippen molar-refractivity contribution in [1.29, 1.82) is 0 Å². The summed E-state index contributed by atoms with van der Waals surface area (Å²) < 4.78 is 1.35. The van der Waals surface area contributed by atoms with E-state index in [-0.39, 0.29) is 17.6 Å². The van der Waals surface area contributed by atoms with Crippen molar-refractivity contribution in [2.24, 2.45) is 11.8 Å². The number of benzene rings is 1. The smallest absolute Gasteiger partial charge is 0.258 e. The predicted molar refractivity (Wildman–Crippen MR) is 81.4 cm³/mol. The molecule has 0 saturated heterocycles. The first-order valence-electron chi connectivity index (χ1n) is 7.08. The van der Waals surface area contributed by atoms with Crippen LogP contribution in [0.15, 0.2) is 36.4 Å². The Morgan fingerprint density at radius 1 is 1.10 bits per heavy atom. The highest BCUT2D eigenvalue weighted by molar-refractivity contribution is 6.10. The van der Waals surface area contributed by atoms with E-state index in [1.165, 1.54) is 4.68 Å². The third kappa shape index (κ3) is 3.10. The molecule has 0 aliphatic carbocycles.